The maximum Gasteiger partial charge on any atom is 0.437 e. The van der Waals surface area contributed by atoms with Crippen molar-refractivity contribution in [3.05, 3.63) is 36.1 Å². The number of carbonyl (C=O) groups excluding carboxylic acids is 2. The summed E-state index contributed by atoms with van der Waals surface area (Å²) >= 11 is 0. The Morgan fingerprint density at radius 3 is 2.02 bits per heavy atom. The summed E-state index contributed by atoms with van der Waals surface area (Å²) in [6.45, 7) is 21.3. The van der Waals surface area contributed by atoms with Crippen LogP contribution in [0.1, 0.15) is 62.3 Å². The molecule has 3 N–H and O–H groups in total. The van der Waals surface area contributed by atoms with Gasteiger partial charge in [-0.15, -0.1) is 4.99 Å². The average Bonchev–Trinajstić information content (AvgIpc) is 3.17. The van der Waals surface area contributed by atoms with E-state index in [1.165, 1.54) is 0 Å². The van der Waals surface area contributed by atoms with Crippen molar-refractivity contribution in [3.63, 3.8) is 0 Å². The summed E-state index contributed by atoms with van der Waals surface area (Å²) in [4.78, 5) is 40.7. The molecule has 1 unspecified atom stereocenters. The normalized spacial score (nSPS) is 14.4. The minimum atomic E-state index is -2.33. The van der Waals surface area contributed by atoms with Crippen LogP contribution in [-0.4, -0.2) is 82.4 Å². The van der Waals surface area contributed by atoms with Crippen LogP contribution >= 0.6 is 0 Å². The molecular weight excluding hydrogens is 612 g/mol. The number of carboxylic acid groups (broad SMARTS) is 1. The van der Waals surface area contributed by atoms with Gasteiger partial charge >= 0.3 is 18.2 Å². The van der Waals surface area contributed by atoms with Crippen LogP contribution in [0, 0.1) is 0 Å². The van der Waals surface area contributed by atoms with Gasteiger partial charge in [-0.25, -0.2) is 14.4 Å². The Balaban J connectivity index is 2.56. The van der Waals surface area contributed by atoms with Gasteiger partial charge in [0.25, 0.3) is 0 Å². The van der Waals surface area contributed by atoms with Crippen LogP contribution in [0.5, 0.6) is 5.75 Å². The van der Waals surface area contributed by atoms with Crippen molar-refractivity contribution in [2.24, 2.45) is 12.0 Å². The van der Waals surface area contributed by atoms with E-state index >= 15 is 0 Å². The Kier molecular flexibility index (Phi) is 12.5. The number of nitrogens with one attached hydrogen (secondary N) is 1. The summed E-state index contributed by atoms with van der Waals surface area (Å²) < 4.78 is 26.7. The minimum Gasteiger partial charge on any atom is -0.490 e. The van der Waals surface area contributed by atoms with E-state index in [9.17, 15) is 19.5 Å². The molecule has 1 aromatic carbocycles. The second-order valence-electron chi connectivity index (χ2n) is 14.7. The average molecular weight is 665 g/mol. The number of nitrogens with zero attached hydrogens (tertiary/aromatic N) is 3. The van der Waals surface area contributed by atoms with E-state index in [0.717, 1.165) is 5.56 Å². The van der Waals surface area contributed by atoms with Crippen molar-refractivity contribution in [1.29, 1.82) is 0 Å². The van der Waals surface area contributed by atoms with Gasteiger partial charge in [0, 0.05) is 19.8 Å². The lowest BCUT2D eigenvalue weighted by Gasteiger charge is -2.39. The first-order valence-corrected chi connectivity index (χ1v) is 18.1. The fourth-order valence-electron chi connectivity index (χ4n) is 3.94. The highest BCUT2D eigenvalue weighted by Gasteiger charge is 2.39. The number of carbonyl (C=O) groups is 3. The van der Waals surface area contributed by atoms with E-state index in [4.69, 9.17) is 23.7 Å². The first-order chi connectivity index (χ1) is 20.9. The van der Waals surface area contributed by atoms with Crippen molar-refractivity contribution < 1.29 is 43.2 Å². The highest BCUT2D eigenvalue weighted by atomic mass is 28.4. The molecule has 13 nitrogen and oxygen atoms in total. The van der Waals surface area contributed by atoms with Gasteiger partial charge in [0.1, 0.15) is 23.6 Å². The zero-order valence-electron chi connectivity index (χ0n) is 29.3. The van der Waals surface area contributed by atoms with Crippen molar-refractivity contribution in [2.75, 3.05) is 13.2 Å². The number of aliphatic carboxylic acids is 1. The molecule has 0 aliphatic heterocycles. The van der Waals surface area contributed by atoms with Crippen molar-refractivity contribution in [3.8, 4) is 17.0 Å². The van der Waals surface area contributed by atoms with E-state index in [-0.39, 0.29) is 18.1 Å². The molecule has 0 aliphatic carbocycles. The van der Waals surface area contributed by atoms with Gasteiger partial charge in [-0.3, -0.25) is 0 Å². The number of aliphatic hydroxyl groups excluding tert-OH is 1. The number of carboxylic acids is 1. The number of hydrogen-bond acceptors (Lipinski definition) is 8. The van der Waals surface area contributed by atoms with Crippen molar-refractivity contribution >= 4 is 26.5 Å². The van der Waals surface area contributed by atoms with Gasteiger partial charge in [0.2, 0.25) is 5.62 Å². The Labute approximate surface area is 272 Å². The molecule has 46 heavy (non-hydrogen) atoms. The van der Waals surface area contributed by atoms with E-state index in [1.807, 2.05) is 6.20 Å². The third kappa shape index (κ3) is 12.0. The van der Waals surface area contributed by atoms with Gasteiger partial charge in [0.05, 0.1) is 18.3 Å². The summed E-state index contributed by atoms with van der Waals surface area (Å²) in [5, 5.41) is 21.1. The molecule has 0 aliphatic rings. The number of hydrogen-bond donors (Lipinski definition) is 3. The third-order valence-corrected chi connectivity index (χ3v) is 11.7. The molecule has 2 atom stereocenters. The van der Waals surface area contributed by atoms with Gasteiger partial charge < -0.3 is 43.3 Å². The number of imidazole rings is 1. The molecule has 14 heteroatoms. The molecule has 2 aromatic rings. The molecule has 2 amide bonds. The number of benzene rings is 1. The molecule has 258 valence electrons. The molecule has 0 saturated carbocycles. The van der Waals surface area contributed by atoms with Crippen LogP contribution in [0.4, 0.5) is 9.59 Å². The lowest BCUT2D eigenvalue weighted by Crippen LogP contribution is -2.49. The zero-order chi connectivity index (χ0) is 35.3. The highest BCUT2D eigenvalue weighted by molar-refractivity contribution is 6.74. The summed E-state index contributed by atoms with van der Waals surface area (Å²) in [5.41, 5.74) is 0.330. The molecule has 0 saturated heterocycles. The standard InChI is InChI=1S/C32H52N4O9Si/c1-30(2,3)43-28(40)33-17-23(45-46(11,12)32(7,8)9)18-36-19-24(35(10)27(36)34-29(41)44-31(4,5)6)21-13-15-22(16-14-21)42-20-25(37)26(38)39/h13-16,19,23,25,37H,17-18,20H2,1-12H3,(H,33,40)(H,38,39)/t23?,25-/m1/s1. The SMILES string of the molecule is Cn1c(-c2ccc(OC[C@@H](O)C(=O)O)cc2)cn(CC(CNC(=O)OC(C)(C)C)O[Si](C)(C)C(C)(C)C)c1=NC(=O)OC(C)(C)C. The summed E-state index contributed by atoms with van der Waals surface area (Å²) in [6.07, 6.45) is -1.63. The first-order valence-electron chi connectivity index (χ1n) is 15.2. The van der Waals surface area contributed by atoms with Gasteiger partial charge in [-0.05, 0) is 89.5 Å². The van der Waals surface area contributed by atoms with Crippen LogP contribution in [0.2, 0.25) is 18.1 Å². The second-order valence-corrected chi connectivity index (χ2v) is 19.4. The summed E-state index contributed by atoms with van der Waals surface area (Å²) in [6, 6.07) is 6.85. The number of ether oxygens (including phenoxy) is 3. The second kappa shape index (κ2) is 14.9. The predicted octanol–water partition coefficient (Wildman–Crippen LogP) is 5.07. The predicted molar refractivity (Wildman–Crippen MR) is 176 cm³/mol. The van der Waals surface area contributed by atoms with Crippen LogP contribution in [0.15, 0.2) is 35.5 Å². The maximum atomic E-state index is 12.9. The summed E-state index contributed by atoms with van der Waals surface area (Å²) in [7, 11) is -0.556. The number of aromatic nitrogens is 2. The van der Waals surface area contributed by atoms with E-state index in [0.29, 0.717) is 17.1 Å². The number of alkyl carbamates (subject to hydrolysis) is 1. The monoisotopic (exact) mass is 664 g/mol. The van der Waals surface area contributed by atoms with Gasteiger partial charge in [-0.1, -0.05) is 20.8 Å². The van der Waals surface area contributed by atoms with Crippen LogP contribution in [0.3, 0.4) is 0 Å². The molecule has 0 spiro atoms. The van der Waals surface area contributed by atoms with Crippen molar-refractivity contribution in [1.82, 2.24) is 14.5 Å². The van der Waals surface area contributed by atoms with Gasteiger partial charge in [0.15, 0.2) is 14.4 Å². The lowest BCUT2D eigenvalue weighted by atomic mass is 10.1. The van der Waals surface area contributed by atoms with E-state index < -0.39 is 56.5 Å². The van der Waals surface area contributed by atoms with Crippen LogP contribution < -0.4 is 15.7 Å². The summed E-state index contributed by atoms with van der Waals surface area (Å²) in [5.74, 6) is -0.996. The largest absolute Gasteiger partial charge is 0.490 e. The lowest BCUT2D eigenvalue weighted by molar-refractivity contribution is -0.148. The Bertz CT molecular complexity index is 1430. The third-order valence-electron chi connectivity index (χ3n) is 7.16. The molecular formula is C32H52N4O9Si. The topological polar surface area (TPSA) is 163 Å². The minimum absolute atomic E-state index is 0.113. The van der Waals surface area contributed by atoms with Crippen LogP contribution in [-0.2, 0) is 32.3 Å². The van der Waals surface area contributed by atoms with Crippen molar-refractivity contribution in [2.45, 2.75) is 110 Å². The highest BCUT2D eigenvalue weighted by Crippen LogP contribution is 2.37. The quantitative estimate of drug-likeness (QED) is 0.279. The molecule has 0 radical (unpaired) electrons. The number of amides is 2. The molecule has 1 heterocycles. The Morgan fingerprint density at radius 1 is 0.957 bits per heavy atom. The van der Waals surface area contributed by atoms with Gasteiger partial charge in [-0.2, -0.15) is 0 Å². The van der Waals surface area contributed by atoms with E-state index in [2.05, 4.69) is 44.2 Å². The Morgan fingerprint density at radius 2 is 1.52 bits per heavy atom. The number of rotatable bonds is 11. The fourth-order valence-corrected chi connectivity index (χ4v) is 5.28. The van der Waals surface area contributed by atoms with E-state index in [1.54, 1.807) is 82.0 Å². The number of aliphatic hydroxyl groups is 1. The zero-order valence-corrected chi connectivity index (χ0v) is 30.3. The maximum absolute atomic E-state index is 12.9. The fraction of sp³-hybridized carbons (Fsp3) is 0.625. The first kappa shape index (κ1) is 38.6. The molecule has 2 rings (SSSR count). The van der Waals surface area contributed by atoms with Crippen LogP contribution in [0.25, 0.3) is 11.3 Å². The molecule has 0 fully saturated rings. The molecule has 1 aromatic heterocycles. The molecule has 0 bridgehead atoms. The smallest absolute Gasteiger partial charge is 0.437 e. The Hall–Kier alpha value is -3.62.